The van der Waals surface area contributed by atoms with E-state index < -0.39 is 0 Å². The van der Waals surface area contributed by atoms with Gasteiger partial charge in [0.15, 0.2) is 18.0 Å². The van der Waals surface area contributed by atoms with Gasteiger partial charge in [-0.25, -0.2) is 0 Å². The number of aryl methyl sites for hydroxylation is 1. The second-order valence-electron chi connectivity index (χ2n) is 7.79. The van der Waals surface area contributed by atoms with E-state index in [9.17, 15) is 4.79 Å². The van der Waals surface area contributed by atoms with Crippen molar-refractivity contribution in [2.24, 2.45) is 0 Å². The maximum absolute atomic E-state index is 12.8. The van der Waals surface area contributed by atoms with Crippen molar-refractivity contribution < 1.29 is 23.9 Å². The highest BCUT2D eigenvalue weighted by Gasteiger charge is 2.32. The number of amides is 1. The van der Waals surface area contributed by atoms with Crippen LogP contribution in [0.2, 0.25) is 0 Å². The van der Waals surface area contributed by atoms with Crippen molar-refractivity contribution in [1.29, 1.82) is 0 Å². The largest absolute Gasteiger partial charge is 0.495 e. The zero-order valence-corrected chi connectivity index (χ0v) is 17.1. The Balaban J connectivity index is 1.46. The molecule has 154 valence electrons. The molecule has 6 nitrogen and oxygen atoms in total. The molecule has 4 rings (SSSR count). The van der Waals surface area contributed by atoms with Crippen molar-refractivity contribution >= 4 is 11.6 Å². The van der Waals surface area contributed by atoms with Crippen molar-refractivity contribution in [3.8, 4) is 17.2 Å². The first-order valence-corrected chi connectivity index (χ1v) is 10.3. The van der Waals surface area contributed by atoms with Crippen LogP contribution in [0.25, 0.3) is 0 Å². The first-order chi connectivity index (χ1) is 14.1. The zero-order chi connectivity index (χ0) is 20.2. The van der Waals surface area contributed by atoms with Crippen LogP contribution in [-0.4, -0.2) is 39.3 Å². The molecule has 0 radical (unpaired) electrons. The maximum atomic E-state index is 12.8. The van der Waals surface area contributed by atoms with Gasteiger partial charge in [-0.05, 0) is 42.8 Å². The third-order valence-corrected chi connectivity index (χ3v) is 5.67. The van der Waals surface area contributed by atoms with Crippen LogP contribution in [0.1, 0.15) is 36.4 Å². The minimum absolute atomic E-state index is 0.00476. The molecule has 0 saturated carbocycles. The van der Waals surface area contributed by atoms with Gasteiger partial charge >= 0.3 is 0 Å². The molecule has 1 amide bonds. The monoisotopic (exact) mass is 397 g/mol. The Morgan fingerprint density at radius 3 is 2.79 bits per heavy atom. The fraction of sp³-hybridized carbons (Fsp3) is 0.435. The maximum Gasteiger partial charge on any atom is 0.279 e. The summed E-state index contributed by atoms with van der Waals surface area (Å²) >= 11 is 0. The van der Waals surface area contributed by atoms with Gasteiger partial charge in [0.25, 0.3) is 5.91 Å². The van der Waals surface area contributed by atoms with Crippen LogP contribution in [0.15, 0.2) is 36.4 Å². The van der Waals surface area contributed by atoms with E-state index in [1.54, 1.807) is 7.11 Å². The minimum atomic E-state index is 0.00476. The number of methoxy groups -OCH3 is 1. The fourth-order valence-corrected chi connectivity index (χ4v) is 4.24. The zero-order valence-electron chi connectivity index (χ0n) is 17.1. The second kappa shape index (κ2) is 8.74. The van der Waals surface area contributed by atoms with Gasteiger partial charge in [-0.15, -0.1) is 0 Å². The predicted molar refractivity (Wildman–Crippen MR) is 111 cm³/mol. The van der Waals surface area contributed by atoms with Crippen LogP contribution in [-0.2, 0) is 4.79 Å². The molecule has 2 atom stereocenters. The smallest absolute Gasteiger partial charge is 0.279 e. The summed E-state index contributed by atoms with van der Waals surface area (Å²) in [5.74, 6) is 2.32. The molecule has 1 fully saturated rings. The molecule has 0 aliphatic carbocycles. The Bertz CT molecular complexity index is 883. The Morgan fingerprint density at radius 1 is 1.14 bits per heavy atom. The summed E-state index contributed by atoms with van der Waals surface area (Å²) in [6, 6.07) is 12.3. The number of fused-ring (bicyclic) bond motifs is 1. The number of likely N-dealkylation sites (tertiary alicyclic amines) is 1. The van der Waals surface area contributed by atoms with Crippen LogP contribution in [0.3, 0.4) is 0 Å². The number of benzene rings is 2. The summed E-state index contributed by atoms with van der Waals surface area (Å²) in [6.07, 6.45) is 3.07. The van der Waals surface area contributed by atoms with Crippen LogP contribution in [0, 0.1) is 6.92 Å². The number of hydrogen-bond acceptors (Lipinski definition) is 4. The van der Waals surface area contributed by atoms with Gasteiger partial charge < -0.3 is 24.4 Å². The minimum Gasteiger partial charge on any atom is -0.495 e. The van der Waals surface area contributed by atoms with E-state index >= 15 is 0 Å². The van der Waals surface area contributed by atoms with Gasteiger partial charge in [0.2, 0.25) is 0 Å². The van der Waals surface area contributed by atoms with Gasteiger partial charge in [0, 0.05) is 24.8 Å². The highest BCUT2D eigenvalue weighted by Crippen LogP contribution is 2.33. The molecule has 2 aromatic rings. The summed E-state index contributed by atoms with van der Waals surface area (Å²) in [7, 11) is 1.62. The average molecular weight is 397 g/mol. The molecular formula is C23H29N2O4+. The molecule has 1 saturated heterocycles. The first kappa shape index (κ1) is 19.6. The first-order valence-electron chi connectivity index (χ1n) is 10.3. The van der Waals surface area contributed by atoms with Crippen molar-refractivity contribution in [3.05, 3.63) is 47.5 Å². The number of quaternary nitrogens is 1. The SMILES string of the molecule is COc1ccc(C)cc1NC(=O)C[NH+]1CCC[C@H]1c1ccc2c(c1)OCCCO2. The number of carbonyl (C=O) groups excluding carboxylic acids is 1. The lowest BCUT2D eigenvalue weighted by Gasteiger charge is -2.22. The molecule has 2 aliphatic rings. The number of rotatable bonds is 5. The number of anilines is 1. The van der Waals surface area contributed by atoms with Gasteiger partial charge in [-0.3, -0.25) is 4.79 Å². The lowest BCUT2D eigenvalue weighted by Crippen LogP contribution is -3.11. The topological polar surface area (TPSA) is 61.2 Å². The van der Waals surface area contributed by atoms with Crippen molar-refractivity contribution in [3.63, 3.8) is 0 Å². The molecule has 2 aliphatic heterocycles. The summed E-state index contributed by atoms with van der Waals surface area (Å²) < 4.78 is 17.0. The van der Waals surface area contributed by atoms with Crippen molar-refractivity contribution in [2.45, 2.75) is 32.2 Å². The summed E-state index contributed by atoms with van der Waals surface area (Å²) in [5, 5.41) is 3.03. The molecule has 0 aromatic heterocycles. The van der Waals surface area contributed by atoms with Gasteiger partial charge in [0.05, 0.1) is 32.6 Å². The van der Waals surface area contributed by atoms with Gasteiger partial charge in [-0.2, -0.15) is 0 Å². The Kier molecular flexibility index (Phi) is 5.90. The molecule has 1 unspecified atom stereocenters. The van der Waals surface area contributed by atoms with Crippen molar-refractivity contribution in [2.75, 3.05) is 38.7 Å². The van der Waals surface area contributed by atoms with E-state index in [1.807, 2.05) is 31.2 Å². The third-order valence-electron chi connectivity index (χ3n) is 5.67. The van der Waals surface area contributed by atoms with Crippen LogP contribution in [0.5, 0.6) is 17.2 Å². The third kappa shape index (κ3) is 4.48. The van der Waals surface area contributed by atoms with E-state index in [-0.39, 0.29) is 11.9 Å². The van der Waals surface area contributed by atoms with E-state index in [1.165, 1.54) is 10.5 Å². The molecule has 6 heteroatoms. The Labute approximate surface area is 171 Å². The molecular weight excluding hydrogens is 368 g/mol. The molecule has 2 aromatic carbocycles. The van der Waals surface area contributed by atoms with E-state index in [2.05, 4.69) is 17.4 Å². The number of ether oxygens (including phenoxy) is 3. The Morgan fingerprint density at radius 2 is 1.97 bits per heavy atom. The number of carbonyl (C=O) groups is 1. The molecule has 0 bridgehead atoms. The highest BCUT2D eigenvalue weighted by molar-refractivity contribution is 5.93. The fourth-order valence-electron chi connectivity index (χ4n) is 4.24. The Hall–Kier alpha value is -2.73. The predicted octanol–water partition coefficient (Wildman–Crippen LogP) is 2.52. The van der Waals surface area contributed by atoms with E-state index in [4.69, 9.17) is 14.2 Å². The summed E-state index contributed by atoms with van der Waals surface area (Å²) in [5.41, 5.74) is 3.02. The van der Waals surface area contributed by atoms with Gasteiger partial charge in [0.1, 0.15) is 11.8 Å². The van der Waals surface area contributed by atoms with Crippen molar-refractivity contribution in [1.82, 2.24) is 0 Å². The lowest BCUT2D eigenvalue weighted by molar-refractivity contribution is -0.910. The van der Waals surface area contributed by atoms with Crippen LogP contribution < -0.4 is 24.4 Å². The molecule has 0 spiro atoms. The summed E-state index contributed by atoms with van der Waals surface area (Å²) in [6.45, 7) is 4.78. The van der Waals surface area contributed by atoms with Crippen LogP contribution >= 0.6 is 0 Å². The van der Waals surface area contributed by atoms with E-state index in [0.29, 0.717) is 25.5 Å². The van der Waals surface area contributed by atoms with Gasteiger partial charge in [-0.1, -0.05) is 6.07 Å². The number of nitrogens with one attached hydrogen (secondary N) is 2. The molecule has 2 N–H and O–H groups in total. The molecule has 2 heterocycles. The molecule has 29 heavy (non-hydrogen) atoms. The second-order valence-corrected chi connectivity index (χ2v) is 7.79. The lowest BCUT2D eigenvalue weighted by atomic mass is 10.0. The normalized spacial score (nSPS) is 20.8. The highest BCUT2D eigenvalue weighted by atomic mass is 16.5. The average Bonchev–Trinajstić information content (AvgIpc) is 3.03. The number of hydrogen-bond donors (Lipinski definition) is 2. The quantitative estimate of drug-likeness (QED) is 0.814. The standard InChI is InChI=1S/C23H28N2O4/c1-16-6-8-20(27-2)18(13-16)24-23(26)15-25-10-3-5-19(25)17-7-9-21-22(14-17)29-12-4-11-28-21/h6-9,13-14,19H,3-5,10-12,15H2,1-2H3,(H,24,26)/p+1/t19-/m0/s1. The van der Waals surface area contributed by atoms with Crippen LogP contribution in [0.4, 0.5) is 5.69 Å². The van der Waals surface area contributed by atoms with E-state index in [0.717, 1.165) is 48.6 Å². The summed E-state index contributed by atoms with van der Waals surface area (Å²) in [4.78, 5) is 14.1.